The Morgan fingerprint density at radius 3 is 2.09 bits per heavy atom. The third kappa shape index (κ3) is 6.72. The lowest BCUT2D eigenvalue weighted by molar-refractivity contribution is 0.0123. The van der Waals surface area contributed by atoms with Gasteiger partial charge in [0.25, 0.3) is 0 Å². The minimum Gasteiger partial charge on any atom is -0.459 e. The van der Waals surface area contributed by atoms with E-state index in [-0.39, 0.29) is 29.2 Å². The molecule has 1 N–H and O–H groups in total. The molecule has 3 unspecified atom stereocenters. The molecule has 3 atom stereocenters. The zero-order valence-electron chi connectivity index (χ0n) is 25.9. The van der Waals surface area contributed by atoms with Crippen LogP contribution in [0.1, 0.15) is 104 Å². The molecular weight excluding hydrogens is 622 g/mol. The van der Waals surface area contributed by atoms with Crippen molar-refractivity contribution in [3.8, 4) is 11.1 Å². The Kier molecular flexibility index (Phi) is 9.80. The van der Waals surface area contributed by atoms with Gasteiger partial charge in [0.2, 0.25) is 0 Å². The molecule has 250 valence electrons. The van der Waals surface area contributed by atoms with Gasteiger partial charge in [0, 0.05) is 27.8 Å². The van der Waals surface area contributed by atoms with Gasteiger partial charge in [-0.2, -0.15) is 0 Å². The minimum atomic E-state index is -1.52. The van der Waals surface area contributed by atoms with E-state index in [4.69, 9.17) is 9.47 Å². The first-order valence-electron chi connectivity index (χ1n) is 16.2. The Morgan fingerprint density at radius 1 is 0.809 bits per heavy atom. The second kappa shape index (κ2) is 13.8. The average molecular weight is 659 g/mol. The number of carbonyl (C=O) groups excluding carboxylic acids is 1. The van der Waals surface area contributed by atoms with Gasteiger partial charge < -0.3 is 14.6 Å². The fourth-order valence-corrected chi connectivity index (χ4v) is 7.08. The van der Waals surface area contributed by atoms with E-state index in [1.54, 1.807) is 19.1 Å². The van der Waals surface area contributed by atoms with Crippen LogP contribution in [0.15, 0.2) is 42.5 Å². The van der Waals surface area contributed by atoms with Crippen LogP contribution in [0.2, 0.25) is 0 Å². The average Bonchev–Trinajstić information content (AvgIpc) is 3.91. The summed E-state index contributed by atoms with van der Waals surface area (Å²) in [5.74, 6) is -7.84. The van der Waals surface area contributed by atoms with Crippen molar-refractivity contribution in [3.05, 3.63) is 99.6 Å². The second-order valence-corrected chi connectivity index (χ2v) is 12.8. The summed E-state index contributed by atoms with van der Waals surface area (Å²) in [6.07, 6.45) is 5.38. The molecule has 0 amide bonds. The third-order valence-electron chi connectivity index (χ3n) is 9.87. The number of hydrogen-bond acceptors (Lipinski definition) is 4. The summed E-state index contributed by atoms with van der Waals surface area (Å²) >= 11 is 0. The van der Waals surface area contributed by atoms with Crippen molar-refractivity contribution >= 4 is 11.5 Å². The number of allylic oxidation sites excluding steroid dienone is 2. The fraction of sp³-hybridized carbons (Fsp3) is 0.432. The van der Waals surface area contributed by atoms with Crippen LogP contribution < -0.4 is 0 Å². The molecule has 0 bridgehead atoms. The number of ether oxygens (including phenoxy) is 2. The molecule has 0 radical (unpaired) electrons. The predicted octanol–water partition coefficient (Wildman–Crippen LogP) is 9.69. The van der Waals surface area contributed by atoms with Crippen LogP contribution in [0.25, 0.3) is 16.7 Å². The van der Waals surface area contributed by atoms with E-state index in [1.165, 1.54) is 0 Å². The summed E-state index contributed by atoms with van der Waals surface area (Å²) < 4.78 is 99.6. The van der Waals surface area contributed by atoms with Gasteiger partial charge in [0.15, 0.2) is 34.9 Å². The van der Waals surface area contributed by atoms with Crippen LogP contribution in [0.5, 0.6) is 0 Å². The highest BCUT2D eigenvalue weighted by atomic mass is 19.2. The van der Waals surface area contributed by atoms with Gasteiger partial charge >= 0.3 is 5.97 Å². The van der Waals surface area contributed by atoms with Crippen molar-refractivity contribution in [3.63, 3.8) is 0 Å². The molecule has 3 aromatic rings. The molecule has 0 aromatic heterocycles. The number of halogens is 6. The highest BCUT2D eigenvalue weighted by Gasteiger charge is 2.34. The molecule has 1 aliphatic heterocycles. The Hall–Kier alpha value is -3.63. The smallest absolute Gasteiger partial charge is 0.341 e. The molecule has 3 aliphatic rings. The summed E-state index contributed by atoms with van der Waals surface area (Å²) in [6, 6.07) is 7.43. The number of esters is 1. The molecule has 47 heavy (non-hydrogen) atoms. The Bertz CT molecular complexity index is 1690. The zero-order valence-corrected chi connectivity index (χ0v) is 25.9. The van der Waals surface area contributed by atoms with Crippen LogP contribution >= 0.6 is 0 Å². The second-order valence-electron chi connectivity index (χ2n) is 12.8. The molecular formula is C37H36F6O4. The Balaban J connectivity index is 1.05. The highest BCUT2D eigenvalue weighted by Crippen LogP contribution is 2.42. The summed E-state index contributed by atoms with van der Waals surface area (Å²) in [5, 5.41) is 10.1. The van der Waals surface area contributed by atoms with Gasteiger partial charge in [-0.3, -0.25) is 0 Å². The number of carbonyl (C=O) groups is 1. The van der Waals surface area contributed by atoms with Gasteiger partial charge in [0.05, 0.1) is 18.3 Å². The molecule has 3 aromatic carbocycles. The van der Waals surface area contributed by atoms with Gasteiger partial charge in [-0.15, -0.1) is 0 Å². The lowest BCUT2D eigenvalue weighted by Crippen LogP contribution is -2.28. The van der Waals surface area contributed by atoms with Crippen LogP contribution in [0, 0.1) is 46.7 Å². The van der Waals surface area contributed by atoms with Gasteiger partial charge in [-0.25, -0.2) is 31.1 Å². The van der Waals surface area contributed by atoms with Gasteiger partial charge in [0.1, 0.15) is 12.2 Å². The van der Waals surface area contributed by atoms with E-state index < -0.39 is 69.8 Å². The number of aliphatic hydroxyl groups is 1. The van der Waals surface area contributed by atoms with Gasteiger partial charge in [-0.05, 0) is 74.8 Å². The number of epoxide rings is 1. The molecule has 6 rings (SSSR count). The number of aliphatic hydroxyl groups excluding tert-OH is 1. The third-order valence-corrected chi connectivity index (χ3v) is 9.87. The van der Waals surface area contributed by atoms with E-state index in [1.807, 2.05) is 6.08 Å². The van der Waals surface area contributed by atoms with Crippen molar-refractivity contribution in [1.82, 2.24) is 0 Å². The molecule has 1 heterocycles. The standard InChI is InChI=1S/C37H36F6O4/c1-2-3-29(44)26-15-13-24(32(39)34(26)41)25-14-17-28(36(43)33(25)40)37(45)47-22-10-8-20(9-11-22)19-4-6-21(7-5-19)23-12-16-27(30-18-46-30)35(42)31(23)38/h6,12-17,19-20,22,29-30,44H,2-5,7-11,18H2,1H3. The van der Waals surface area contributed by atoms with E-state index in [0.29, 0.717) is 44.1 Å². The zero-order chi connectivity index (χ0) is 33.4. The number of hydrogen-bond donors (Lipinski definition) is 1. The van der Waals surface area contributed by atoms with Crippen molar-refractivity contribution in [2.45, 2.75) is 83.0 Å². The lowest BCUT2D eigenvalue weighted by atomic mass is 9.72. The Labute approximate surface area is 269 Å². The molecule has 1 saturated heterocycles. The van der Waals surface area contributed by atoms with E-state index in [9.17, 15) is 27.5 Å². The Morgan fingerprint density at radius 2 is 1.45 bits per heavy atom. The lowest BCUT2D eigenvalue weighted by Gasteiger charge is -2.35. The summed E-state index contributed by atoms with van der Waals surface area (Å²) in [6.45, 7) is 2.17. The normalized spacial score (nSPS) is 23.3. The van der Waals surface area contributed by atoms with Crippen LogP contribution in [0.3, 0.4) is 0 Å². The SMILES string of the molecule is CCCC(O)c1ccc(-c2ccc(C(=O)OC3CCC(C4CC=C(c5ccc(C6CO6)c(F)c5F)CC4)CC3)c(F)c2F)c(F)c1F. The molecule has 4 nitrogen and oxygen atoms in total. The fourth-order valence-electron chi connectivity index (χ4n) is 7.08. The maximum atomic E-state index is 15.1. The maximum Gasteiger partial charge on any atom is 0.341 e. The first-order valence-corrected chi connectivity index (χ1v) is 16.2. The summed E-state index contributed by atoms with van der Waals surface area (Å²) in [5.41, 5.74) is -0.681. The van der Waals surface area contributed by atoms with Crippen molar-refractivity contribution < 1.29 is 45.7 Å². The molecule has 2 aliphatic carbocycles. The van der Waals surface area contributed by atoms with Gasteiger partial charge in [-0.1, -0.05) is 49.8 Å². The van der Waals surface area contributed by atoms with Crippen LogP contribution in [0.4, 0.5) is 26.3 Å². The molecule has 2 fully saturated rings. The van der Waals surface area contributed by atoms with Crippen molar-refractivity contribution in [1.29, 1.82) is 0 Å². The van der Waals surface area contributed by atoms with Crippen LogP contribution in [-0.4, -0.2) is 23.8 Å². The summed E-state index contributed by atoms with van der Waals surface area (Å²) in [4.78, 5) is 12.8. The molecule has 10 heteroatoms. The van der Waals surface area contributed by atoms with Crippen molar-refractivity contribution in [2.24, 2.45) is 11.8 Å². The van der Waals surface area contributed by atoms with E-state index in [0.717, 1.165) is 55.5 Å². The first kappa shape index (κ1) is 33.3. The monoisotopic (exact) mass is 658 g/mol. The largest absolute Gasteiger partial charge is 0.459 e. The maximum absolute atomic E-state index is 15.1. The minimum absolute atomic E-state index is 0.202. The van der Waals surface area contributed by atoms with E-state index >= 15 is 8.78 Å². The number of rotatable bonds is 9. The van der Waals surface area contributed by atoms with E-state index in [2.05, 4.69) is 0 Å². The topological polar surface area (TPSA) is 59.1 Å². The predicted molar refractivity (Wildman–Crippen MR) is 163 cm³/mol. The highest BCUT2D eigenvalue weighted by molar-refractivity contribution is 5.90. The molecule has 1 saturated carbocycles. The first-order chi connectivity index (χ1) is 22.6. The quantitative estimate of drug-likeness (QED) is 0.141. The van der Waals surface area contributed by atoms with Crippen molar-refractivity contribution in [2.75, 3.05) is 6.61 Å². The van der Waals surface area contributed by atoms with Crippen LogP contribution in [-0.2, 0) is 9.47 Å². The summed E-state index contributed by atoms with van der Waals surface area (Å²) in [7, 11) is 0. The molecule has 0 spiro atoms. The number of benzene rings is 3.